The van der Waals surface area contributed by atoms with Gasteiger partial charge in [-0.05, 0) is 37.1 Å². The summed E-state index contributed by atoms with van der Waals surface area (Å²) in [6, 6.07) is 6.72. The van der Waals surface area contributed by atoms with Gasteiger partial charge in [0.25, 0.3) is 0 Å². The van der Waals surface area contributed by atoms with Gasteiger partial charge in [0.2, 0.25) is 10.0 Å². The Bertz CT molecular complexity index is 592. The largest absolute Gasteiger partial charge is 0.497 e. The molecule has 4 nitrogen and oxygen atoms in total. The lowest BCUT2D eigenvalue weighted by atomic mass is 9.95. The molecule has 1 saturated carbocycles. The van der Waals surface area contributed by atoms with Gasteiger partial charge in [-0.1, -0.05) is 19.3 Å². The van der Waals surface area contributed by atoms with Crippen LogP contribution in [0.2, 0.25) is 0 Å². The van der Waals surface area contributed by atoms with E-state index in [2.05, 4.69) is 0 Å². The lowest BCUT2D eigenvalue weighted by molar-refractivity contribution is 0.243. The Morgan fingerprint density at radius 2 is 1.81 bits per heavy atom. The second kappa shape index (κ2) is 5.82. The van der Waals surface area contributed by atoms with Crippen LogP contribution in [-0.2, 0) is 10.0 Å². The molecule has 6 heteroatoms. The summed E-state index contributed by atoms with van der Waals surface area (Å²) < 4.78 is 32.8. The number of methoxy groups -OCH3 is 1. The SMILES string of the molecule is COc1ccc(S(=O)(=O)N2CCSC23CCCCC3)cc1. The van der Waals surface area contributed by atoms with Crippen molar-refractivity contribution < 1.29 is 13.2 Å². The van der Waals surface area contributed by atoms with E-state index in [1.165, 1.54) is 6.42 Å². The Balaban J connectivity index is 1.92. The van der Waals surface area contributed by atoms with E-state index in [-0.39, 0.29) is 4.87 Å². The van der Waals surface area contributed by atoms with Gasteiger partial charge in [-0.15, -0.1) is 11.8 Å². The predicted octanol–water partition coefficient (Wildman–Crippen LogP) is 3.09. The highest BCUT2D eigenvalue weighted by Gasteiger charge is 2.48. The molecule has 0 N–H and O–H groups in total. The van der Waals surface area contributed by atoms with Crippen LogP contribution >= 0.6 is 11.8 Å². The maximum Gasteiger partial charge on any atom is 0.244 e. The number of rotatable bonds is 3. The summed E-state index contributed by atoms with van der Waals surface area (Å²) in [6.07, 6.45) is 5.43. The van der Waals surface area contributed by atoms with Crippen molar-refractivity contribution in [3.05, 3.63) is 24.3 Å². The summed E-state index contributed by atoms with van der Waals surface area (Å²) in [4.78, 5) is 0.174. The van der Waals surface area contributed by atoms with Crippen molar-refractivity contribution in [1.29, 1.82) is 0 Å². The number of thioether (sulfide) groups is 1. The van der Waals surface area contributed by atoms with Crippen LogP contribution in [0.5, 0.6) is 5.75 Å². The molecule has 0 aromatic heterocycles. The monoisotopic (exact) mass is 327 g/mol. The molecule has 1 saturated heterocycles. The summed E-state index contributed by atoms with van der Waals surface area (Å²) in [5.41, 5.74) is 0. The zero-order chi connectivity index (χ0) is 14.9. The van der Waals surface area contributed by atoms with Gasteiger partial charge in [-0.25, -0.2) is 8.42 Å². The maximum atomic E-state index is 13.0. The first-order valence-corrected chi connectivity index (χ1v) is 9.82. The summed E-state index contributed by atoms with van der Waals surface area (Å²) in [6.45, 7) is 0.624. The molecule has 2 fully saturated rings. The molecule has 2 aliphatic rings. The molecule has 21 heavy (non-hydrogen) atoms. The molecule has 1 spiro atoms. The predicted molar refractivity (Wildman–Crippen MR) is 85.2 cm³/mol. The van der Waals surface area contributed by atoms with Crippen LogP contribution in [0, 0.1) is 0 Å². The van der Waals surface area contributed by atoms with E-state index >= 15 is 0 Å². The van der Waals surface area contributed by atoms with E-state index in [0.717, 1.165) is 31.4 Å². The average molecular weight is 327 g/mol. The molecule has 1 aromatic carbocycles. The van der Waals surface area contributed by atoms with E-state index < -0.39 is 10.0 Å². The highest BCUT2D eigenvalue weighted by atomic mass is 32.2. The second-order valence-electron chi connectivity index (χ2n) is 5.61. The Kier molecular flexibility index (Phi) is 4.21. The Hall–Kier alpha value is -0.720. The third-order valence-electron chi connectivity index (χ3n) is 4.40. The zero-order valence-corrected chi connectivity index (χ0v) is 13.9. The Morgan fingerprint density at radius 1 is 1.14 bits per heavy atom. The molecule has 1 aromatic rings. The normalized spacial score (nSPS) is 22.5. The lowest BCUT2D eigenvalue weighted by Gasteiger charge is -2.39. The molecule has 116 valence electrons. The fourth-order valence-corrected chi connectivity index (χ4v) is 7.03. The highest BCUT2D eigenvalue weighted by Crippen LogP contribution is 2.48. The van der Waals surface area contributed by atoms with Gasteiger partial charge in [0.1, 0.15) is 5.75 Å². The van der Waals surface area contributed by atoms with Gasteiger partial charge in [-0.3, -0.25) is 0 Å². The smallest absolute Gasteiger partial charge is 0.244 e. The van der Waals surface area contributed by atoms with Gasteiger partial charge in [-0.2, -0.15) is 4.31 Å². The van der Waals surface area contributed by atoms with Crippen LogP contribution in [0.3, 0.4) is 0 Å². The van der Waals surface area contributed by atoms with Crippen molar-refractivity contribution in [2.45, 2.75) is 41.9 Å². The number of nitrogens with zero attached hydrogens (tertiary/aromatic N) is 1. The molecule has 0 amide bonds. The van der Waals surface area contributed by atoms with Crippen molar-refractivity contribution in [3.8, 4) is 5.75 Å². The molecule has 1 heterocycles. The molecule has 3 rings (SSSR count). The third-order valence-corrected chi connectivity index (χ3v) is 8.05. The first-order chi connectivity index (χ1) is 10.1. The summed E-state index contributed by atoms with van der Waals surface area (Å²) in [7, 11) is -1.83. The minimum absolute atomic E-state index is 0.197. The van der Waals surface area contributed by atoms with E-state index in [1.54, 1.807) is 35.7 Å². The Labute approximate surface area is 130 Å². The standard InChI is InChI=1S/C15H21NO3S2/c1-19-13-5-7-14(8-6-13)21(17,18)16-11-12-20-15(16)9-3-2-4-10-15/h5-8H,2-4,9-12H2,1H3. The number of sulfonamides is 1. The minimum Gasteiger partial charge on any atom is -0.497 e. The minimum atomic E-state index is -3.41. The van der Waals surface area contributed by atoms with Gasteiger partial charge in [0.15, 0.2) is 0 Å². The molecular formula is C15H21NO3S2. The second-order valence-corrected chi connectivity index (χ2v) is 8.93. The number of hydrogen-bond donors (Lipinski definition) is 0. The van der Waals surface area contributed by atoms with Crippen LogP contribution in [0.25, 0.3) is 0 Å². The fraction of sp³-hybridized carbons (Fsp3) is 0.600. The zero-order valence-electron chi connectivity index (χ0n) is 12.2. The van der Waals surface area contributed by atoms with Gasteiger partial charge >= 0.3 is 0 Å². The molecule has 0 unspecified atom stereocenters. The van der Waals surface area contributed by atoms with E-state index in [0.29, 0.717) is 17.2 Å². The summed E-state index contributed by atoms with van der Waals surface area (Å²) in [5.74, 6) is 1.58. The number of ether oxygens (including phenoxy) is 1. The van der Waals surface area contributed by atoms with Crippen LogP contribution in [-0.4, -0.2) is 37.0 Å². The van der Waals surface area contributed by atoms with E-state index in [9.17, 15) is 8.42 Å². The number of hydrogen-bond acceptors (Lipinski definition) is 4. The van der Waals surface area contributed by atoms with Crippen molar-refractivity contribution in [3.63, 3.8) is 0 Å². The van der Waals surface area contributed by atoms with E-state index in [4.69, 9.17) is 4.74 Å². The first kappa shape index (κ1) is 15.2. The summed E-state index contributed by atoms with van der Waals surface area (Å²) >= 11 is 1.83. The third kappa shape index (κ3) is 2.69. The van der Waals surface area contributed by atoms with Crippen molar-refractivity contribution in [1.82, 2.24) is 4.31 Å². The van der Waals surface area contributed by atoms with Gasteiger partial charge in [0, 0.05) is 12.3 Å². The molecule has 0 radical (unpaired) electrons. The van der Waals surface area contributed by atoms with Gasteiger partial charge in [0.05, 0.1) is 16.9 Å². The molecule has 1 aliphatic heterocycles. The molecular weight excluding hydrogens is 306 g/mol. The molecule has 0 atom stereocenters. The van der Waals surface area contributed by atoms with Crippen LogP contribution in [0.15, 0.2) is 29.2 Å². The van der Waals surface area contributed by atoms with Crippen molar-refractivity contribution in [2.24, 2.45) is 0 Å². The van der Waals surface area contributed by atoms with Gasteiger partial charge < -0.3 is 4.74 Å². The van der Waals surface area contributed by atoms with Crippen LogP contribution in [0.1, 0.15) is 32.1 Å². The topological polar surface area (TPSA) is 46.6 Å². The van der Waals surface area contributed by atoms with Crippen LogP contribution in [0.4, 0.5) is 0 Å². The Morgan fingerprint density at radius 3 is 2.43 bits per heavy atom. The number of benzene rings is 1. The quantitative estimate of drug-likeness (QED) is 0.856. The molecule has 0 bridgehead atoms. The highest BCUT2D eigenvalue weighted by molar-refractivity contribution is 8.02. The average Bonchev–Trinajstić information content (AvgIpc) is 2.92. The maximum absolute atomic E-state index is 13.0. The van der Waals surface area contributed by atoms with Crippen LogP contribution < -0.4 is 4.74 Å². The summed E-state index contributed by atoms with van der Waals surface area (Å²) in [5, 5.41) is 0. The van der Waals surface area contributed by atoms with Crippen molar-refractivity contribution in [2.75, 3.05) is 19.4 Å². The molecule has 1 aliphatic carbocycles. The first-order valence-electron chi connectivity index (χ1n) is 7.39. The fourth-order valence-electron chi connectivity index (χ4n) is 3.31. The lowest BCUT2D eigenvalue weighted by Crippen LogP contribution is -2.46. The van der Waals surface area contributed by atoms with Crippen molar-refractivity contribution >= 4 is 21.8 Å². The van der Waals surface area contributed by atoms with E-state index in [1.807, 2.05) is 11.8 Å².